The van der Waals surface area contributed by atoms with Gasteiger partial charge in [-0.3, -0.25) is 4.79 Å². The number of benzene rings is 1. The number of amides is 1. The summed E-state index contributed by atoms with van der Waals surface area (Å²) in [6.45, 7) is 0.126. The Balaban J connectivity index is 2.22. The van der Waals surface area contributed by atoms with E-state index >= 15 is 0 Å². The number of hydrogen-bond acceptors (Lipinski definition) is 4. The van der Waals surface area contributed by atoms with Crippen LogP contribution in [0.4, 0.5) is 13.2 Å². The normalized spacial score (nSPS) is 11.6. The first-order valence-electron chi connectivity index (χ1n) is 5.60. The Hall–Kier alpha value is -2.45. The lowest BCUT2D eigenvalue weighted by atomic mass is 10.1. The Morgan fingerprint density at radius 3 is 2.75 bits per heavy atom. The maximum atomic E-state index is 12.6. The highest BCUT2D eigenvalue weighted by Gasteiger charge is 2.30. The van der Waals surface area contributed by atoms with Crippen molar-refractivity contribution < 1.29 is 18.0 Å². The van der Waals surface area contributed by atoms with Gasteiger partial charge >= 0.3 is 6.18 Å². The molecule has 0 bridgehead atoms. The zero-order valence-corrected chi connectivity index (χ0v) is 10.1. The average Bonchev–Trinajstić information content (AvgIpc) is 2.84. The van der Waals surface area contributed by atoms with E-state index in [1.807, 2.05) is 0 Å². The number of aromatic nitrogens is 4. The molecule has 0 aliphatic rings. The second kappa shape index (κ2) is 5.27. The van der Waals surface area contributed by atoms with E-state index in [1.165, 1.54) is 12.1 Å². The Morgan fingerprint density at radius 2 is 2.10 bits per heavy atom. The highest BCUT2D eigenvalue weighted by molar-refractivity contribution is 5.73. The Labute approximate surface area is 111 Å². The minimum atomic E-state index is -4.43. The fourth-order valence-corrected chi connectivity index (χ4v) is 1.50. The van der Waals surface area contributed by atoms with E-state index in [-0.39, 0.29) is 24.4 Å². The van der Waals surface area contributed by atoms with Crippen molar-refractivity contribution >= 4 is 5.91 Å². The van der Waals surface area contributed by atoms with Crippen molar-refractivity contribution in [1.82, 2.24) is 20.2 Å². The Bertz CT molecular complexity index is 623. The number of rotatable bonds is 4. The van der Waals surface area contributed by atoms with Gasteiger partial charge < -0.3 is 5.73 Å². The summed E-state index contributed by atoms with van der Waals surface area (Å²) in [5.74, 6) is -0.469. The first-order valence-corrected chi connectivity index (χ1v) is 5.60. The lowest BCUT2D eigenvalue weighted by molar-refractivity contribution is -0.137. The minimum Gasteiger partial charge on any atom is -0.370 e. The van der Waals surface area contributed by atoms with E-state index in [9.17, 15) is 18.0 Å². The number of nitrogens with two attached hydrogens (primary N) is 1. The maximum absolute atomic E-state index is 12.6. The van der Waals surface area contributed by atoms with Crippen LogP contribution in [-0.4, -0.2) is 26.1 Å². The van der Waals surface area contributed by atoms with Crippen molar-refractivity contribution in [2.75, 3.05) is 0 Å². The van der Waals surface area contributed by atoms with Gasteiger partial charge in [-0.1, -0.05) is 12.1 Å². The van der Waals surface area contributed by atoms with Gasteiger partial charge in [0.05, 0.1) is 12.1 Å². The van der Waals surface area contributed by atoms with Crippen LogP contribution < -0.4 is 5.73 Å². The van der Waals surface area contributed by atoms with Crippen LogP contribution in [0.1, 0.15) is 12.0 Å². The molecule has 0 fully saturated rings. The number of alkyl halides is 3. The monoisotopic (exact) mass is 285 g/mol. The van der Waals surface area contributed by atoms with Crippen LogP contribution in [0.15, 0.2) is 24.3 Å². The number of nitrogens with zero attached hydrogens (tertiary/aromatic N) is 4. The zero-order valence-electron chi connectivity index (χ0n) is 10.1. The molecule has 20 heavy (non-hydrogen) atoms. The number of carbonyl (C=O) groups is 1. The zero-order chi connectivity index (χ0) is 14.8. The number of hydrogen-bond donors (Lipinski definition) is 1. The fraction of sp³-hybridized carbons (Fsp3) is 0.273. The summed E-state index contributed by atoms with van der Waals surface area (Å²) in [4.78, 5) is 11.7. The molecule has 0 atom stereocenters. The lowest BCUT2D eigenvalue weighted by Gasteiger charge is -2.06. The van der Waals surface area contributed by atoms with Crippen molar-refractivity contribution in [3.63, 3.8) is 0 Å². The highest BCUT2D eigenvalue weighted by Crippen LogP contribution is 2.31. The molecular weight excluding hydrogens is 275 g/mol. The summed E-state index contributed by atoms with van der Waals surface area (Å²) < 4.78 is 37.8. The van der Waals surface area contributed by atoms with Gasteiger partial charge in [-0.2, -0.15) is 18.0 Å². The molecule has 0 spiro atoms. The van der Waals surface area contributed by atoms with Gasteiger partial charge in [0.1, 0.15) is 0 Å². The Morgan fingerprint density at radius 1 is 1.35 bits per heavy atom. The van der Waals surface area contributed by atoms with Gasteiger partial charge in [-0.15, -0.1) is 10.2 Å². The van der Waals surface area contributed by atoms with Crippen LogP contribution in [0.5, 0.6) is 0 Å². The van der Waals surface area contributed by atoms with Gasteiger partial charge in [0, 0.05) is 12.0 Å². The van der Waals surface area contributed by atoms with E-state index in [0.29, 0.717) is 0 Å². The quantitative estimate of drug-likeness (QED) is 0.915. The van der Waals surface area contributed by atoms with Crippen LogP contribution in [0.3, 0.4) is 0 Å². The van der Waals surface area contributed by atoms with Gasteiger partial charge in [0.25, 0.3) is 0 Å². The predicted molar refractivity (Wildman–Crippen MR) is 62.1 cm³/mol. The van der Waals surface area contributed by atoms with Crippen molar-refractivity contribution in [2.24, 2.45) is 5.73 Å². The van der Waals surface area contributed by atoms with Crippen LogP contribution in [0.25, 0.3) is 11.4 Å². The summed E-state index contributed by atoms with van der Waals surface area (Å²) in [5.41, 5.74) is 4.38. The third kappa shape index (κ3) is 3.31. The first-order chi connectivity index (χ1) is 9.36. The number of carbonyl (C=O) groups excluding carboxylic acids is 1. The number of aryl methyl sites for hydroxylation is 1. The summed E-state index contributed by atoms with van der Waals surface area (Å²) in [5, 5.41) is 11.2. The average molecular weight is 285 g/mol. The van der Waals surface area contributed by atoms with Crippen molar-refractivity contribution in [2.45, 2.75) is 19.1 Å². The molecule has 0 saturated heterocycles. The van der Waals surface area contributed by atoms with Crippen LogP contribution in [0, 0.1) is 0 Å². The van der Waals surface area contributed by atoms with Crippen LogP contribution in [-0.2, 0) is 17.5 Å². The van der Waals surface area contributed by atoms with Gasteiger partial charge in [0.15, 0.2) is 0 Å². The number of tetrazole rings is 1. The van der Waals surface area contributed by atoms with E-state index < -0.39 is 17.6 Å². The third-order valence-corrected chi connectivity index (χ3v) is 2.46. The van der Waals surface area contributed by atoms with Gasteiger partial charge in [0.2, 0.25) is 11.7 Å². The van der Waals surface area contributed by atoms with E-state index in [2.05, 4.69) is 15.4 Å². The van der Waals surface area contributed by atoms with E-state index in [1.54, 1.807) is 0 Å². The molecule has 0 unspecified atom stereocenters. The smallest absolute Gasteiger partial charge is 0.370 e. The molecule has 0 aliphatic heterocycles. The maximum Gasteiger partial charge on any atom is 0.416 e. The number of halogens is 3. The molecule has 1 aromatic carbocycles. The third-order valence-electron chi connectivity index (χ3n) is 2.46. The Kier molecular flexibility index (Phi) is 3.68. The predicted octanol–water partition coefficient (Wildman–Crippen LogP) is 1.23. The summed E-state index contributed by atoms with van der Waals surface area (Å²) in [6, 6.07) is 4.61. The second-order valence-corrected chi connectivity index (χ2v) is 4.00. The SMILES string of the molecule is NC(=O)CCn1nnc(-c2cccc(C(F)(F)F)c2)n1. The molecule has 2 N–H and O–H groups in total. The summed E-state index contributed by atoms with van der Waals surface area (Å²) in [6.07, 6.45) is -4.41. The molecule has 0 aliphatic carbocycles. The largest absolute Gasteiger partial charge is 0.416 e. The summed E-state index contributed by atoms with van der Waals surface area (Å²) >= 11 is 0. The van der Waals surface area contributed by atoms with E-state index in [4.69, 9.17) is 5.73 Å². The standard InChI is InChI=1S/C11H10F3N5O/c12-11(13,14)8-3-1-2-7(6-8)10-16-18-19(17-10)5-4-9(15)20/h1-3,6H,4-5H2,(H2,15,20). The van der Waals surface area contributed by atoms with Crippen LogP contribution >= 0.6 is 0 Å². The molecule has 0 saturated carbocycles. The molecule has 0 radical (unpaired) electrons. The molecule has 2 aromatic rings. The molecule has 2 rings (SSSR count). The molecule has 1 amide bonds. The summed E-state index contributed by atoms with van der Waals surface area (Å²) in [7, 11) is 0. The topological polar surface area (TPSA) is 86.7 Å². The molecule has 1 aromatic heterocycles. The molecule has 1 heterocycles. The number of primary amides is 1. The second-order valence-electron chi connectivity index (χ2n) is 4.00. The lowest BCUT2D eigenvalue weighted by Crippen LogP contribution is -2.15. The van der Waals surface area contributed by atoms with E-state index in [0.717, 1.165) is 16.9 Å². The van der Waals surface area contributed by atoms with Gasteiger partial charge in [-0.05, 0) is 17.3 Å². The van der Waals surface area contributed by atoms with Crippen molar-refractivity contribution in [3.05, 3.63) is 29.8 Å². The fourth-order valence-electron chi connectivity index (χ4n) is 1.50. The molecular formula is C11H10F3N5O. The van der Waals surface area contributed by atoms with Crippen molar-refractivity contribution in [3.8, 4) is 11.4 Å². The molecule has 6 nitrogen and oxygen atoms in total. The van der Waals surface area contributed by atoms with Crippen LogP contribution in [0.2, 0.25) is 0 Å². The molecule has 9 heteroatoms. The first kappa shape index (κ1) is 14.0. The molecule has 106 valence electrons. The van der Waals surface area contributed by atoms with Gasteiger partial charge in [-0.25, -0.2) is 0 Å². The van der Waals surface area contributed by atoms with Crippen molar-refractivity contribution in [1.29, 1.82) is 0 Å². The highest BCUT2D eigenvalue weighted by atomic mass is 19.4. The minimum absolute atomic E-state index is 0.0262.